The van der Waals surface area contributed by atoms with Crippen molar-refractivity contribution in [1.29, 1.82) is 0 Å². The SMILES string of the molecule is CC(C)[Si](OCC1OC=CC(O[C@@H]2OC(COCc3ccccc3)[C@@H](OCc3ccccc3)[C@H](OCc3ccccc3)C2OCc2ccccc2)C1OCc1ccccc1)(C(C)C)C(C)C. The Labute approximate surface area is 394 Å². The van der Waals surface area contributed by atoms with Crippen molar-refractivity contribution in [1.82, 2.24) is 0 Å². The van der Waals surface area contributed by atoms with Crippen molar-refractivity contribution in [3.8, 4) is 0 Å². The predicted octanol–water partition coefficient (Wildman–Crippen LogP) is 11.8. The van der Waals surface area contributed by atoms with E-state index in [0.29, 0.717) is 56.3 Å². The fourth-order valence-corrected chi connectivity index (χ4v) is 15.0. The summed E-state index contributed by atoms with van der Waals surface area (Å²) in [7, 11) is -2.27. The van der Waals surface area contributed by atoms with E-state index in [1.807, 2.05) is 97.1 Å². The number of hydrogen-bond donors (Lipinski definition) is 0. The molecule has 8 atom stereocenters. The monoisotopic (exact) mass is 914 g/mol. The Morgan fingerprint density at radius 2 is 0.833 bits per heavy atom. The molecule has 66 heavy (non-hydrogen) atoms. The molecule has 2 aliphatic heterocycles. The van der Waals surface area contributed by atoms with Crippen LogP contribution >= 0.6 is 0 Å². The average Bonchev–Trinajstić information content (AvgIpc) is 3.34. The summed E-state index contributed by atoms with van der Waals surface area (Å²) < 4.78 is 62.3. The smallest absolute Gasteiger partial charge is 0.200 e. The highest BCUT2D eigenvalue weighted by Crippen LogP contribution is 2.43. The third-order valence-corrected chi connectivity index (χ3v) is 18.9. The van der Waals surface area contributed by atoms with E-state index in [0.717, 1.165) is 27.8 Å². The second kappa shape index (κ2) is 25.1. The molecule has 0 aliphatic carbocycles. The molecule has 1 saturated heterocycles. The van der Waals surface area contributed by atoms with Gasteiger partial charge in [0.25, 0.3) is 0 Å². The molecule has 1 fully saturated rings. The van der Waals surface area contributed by atoms with Crippen LogP contribution in [-0.2, 0) is 75.4 Å². The minimum atomic E-state index is -2.27. The summed E-state index contributed by atoms with van der Waals surface area (Å²) in [5.41, 5.74) is 6.36. The first-order valence-corrected chi connectivity index (χ1v) is 25.9. The van der Waals surface area contributed by atoms with Crippen molar-refractivity contribution < 1.29 is 42.3 Å². The molecule has 5 aromatic carbocycles. The normalized spacial score (nSPS) is 23.3. The Bertz CT molecular complexity index is 2100. The van der Waals surface area contributed by atoms with Gasteiger partial charge in [-0.3, -0.25) is 0 Å². The van der Waals surface area contributed by atoms with Gasteiger partial charge >= 0.3 is 0 Å². The molecule has 0 amide bonds. The summed E-state index contributed by atoms with van der Waals surface area (Å²) in [6.45, 7) is 16.1. The van der Waals surface area contributed by atoms with Gasteiger partial charge in [0.2, 0.25) is 8.32 Å². The van der Waals surface area contributed by atoms with Crippen LogP contribution in [0.5, 0.6) is 0 Å². The standard InChI is InChI=1S/C56H70O9Si/c1-41(2)66(42(3)4,43(5)6)63-40-50-52(59-35-45-24-14-8-15-25-45)49(32-33-58-50)64-56-55(62-38-48-30-20-11-21-31-48)54(61-37-47-28-18-10-19-29-47)53(60-36-46-26-16-9-17-27-46)51(65-56)39-57-34-44-22-12-7-13-23-44/h7-33,41-43,49-56H,34-40H2,1-6H3/t49?,50?,51?,52?,53-,54+,55?,56-/m1/s1. The maximum Gasteiger partial charge on any atom is 0.200 e. The highest BCUT2D eigenvalue weighted by molar-refractivity contribution is 6.77. The molecule has 7 rings (SSSR count). The summed E-state index contributed by atoms with van der Waals surface area (Å²) in [6, 6.07) is 50.8. The van der Waals surface area contributed by atoms with Crippen LogP contribution in [0.25, 0.3) is 0 Å². The largest absolute Gasteiger partial charge is 0.493 e. The van der Waals surface area contributed by atoms with Crippen molar-refractivity contribution in [3.63, 3.8) is 0 Å². The van der Waals surface area contributed by atoms with E-state index >= 15 is 0 Å². The molecule has 0 radical (unpaired) electrons. The van der Waals surface area contributed by atoms with Gasteiger partial charge in [0.05, 0.1) is 52.5 Å². The van der Waals surface area contributed by atoms with Crippen molar-refractivity contribution in [3.05, 3.63) is 192 Å². The van der Waals surface area contributed by atoms with E-state index in [9.17, 15) is 0 Å². The van der Waals surface area contributed by atoms with Crippen molar-refractivity contribution in [2.45, 2.75) is 140 Å². The van der Waals surface area contributed by atoms with Crippen molar-refractivity contribution in [2.75, 3.05) is 13.2 Å². The van der Waals surface area contributed by atoms with Crippen molar-refractivity contribution >= 4 is 8.32 Å². The fraction of sp³-hybridized carbons (Fsp3) is 0.429. The Kier molecular flexibility index (Phi) is 18.8. The van der Waals surface area contributed by atoms with Crippen LogP contribution in [-0.4, -0.2) is 70.5 Å². The van der Waals surface area contributed by atoms with Crippen LogP contribution in [0.4, 0.5) is 0 Å². The van der Waals surface area contributed by atoms with E-state index in [-0.39, 0.29) is 6.61 Å². The molecule has 0 saturated carbocycles. The van der Waals surface area contributed by atoms with Crippen LogP contribution in [0.15, 0.2) is 164 Å². The fourth-order valence-electron chi connectivity index (χ4n) is 9.59. The number of ether oxygens (including phenoxy) is 8. The van der Waals surface area contributed by atoms with Crippen LogP contribution in [0.3, 0.4) is 0 Å². The topological polar surface area (TPSA) is 83.1 Å². The predicted molar refractivity (Wildman–Crippen MR) is 261 cm³/mol. The molecule has 352 valence electrons. The molecule has 0 spiro atoms. The number of benzene rings is 5. The summed E-state index contributed by atoms with van der Waals surface area (Å²) >= 11 is 0. The second-order valence-electron chi connectivity index (χ2n) is 18.3. The Hall–Kier alpha value is -4.46. The van der Waals surface area contributed by atoms with Crippen LogP contribution < -0.4 is 0 Å². The van der Waals surface area contributed by atoms with E-state index in [4.69, 9.17) is 42.3 Å². The molecular formula is C56H70O9Si. The molecule has 5 unspecified atom stereocenters. The van der Waals surface area contributed by atoms with Gasteiger partial charge in [-0.05, 0) is 50.5 Å². The molecule has 5 aromatic rings. The maximum absolute atomic E-state index is 7.25. The first kappa shape index (κ1) is 49.4. The second-order valence-corrected chi connectivity index (χ2v) is 23.8. The maximum atomic E-state index is 7.25. The Balaban J connectivity index is 1.24. The van der Waals surface area contributed by atoms with Gasteiger partial charge in [-0.1, -0.05) is 193 Å². The minimum absolute atomic E-state index is 0.213. The molecule has 0 aromatic heterocycles. The first-order valence-electron chi connectivity index (χ1n) is 23.7. The Morgan fingerprint density at radius 1 is 0.439 bits per heavy atom. The Morgan fingerprint density at radius 3 is 1.27 bits per heavy atom. The summed E-state index contributed by atoms with van der Waals surface area (Å²) in [6.07, 6.45) is -1.55. The van der Waals surface area contributed by atoms with Gasteiger partial charge in [-0.2, -0.15) is 0 Å². The highest BCUT2D eigenvalue weighted by atomic mass is 28.4. The lowest BCUT2D eigenvalue weighted by atomic mass is 9.97. The molecule has 10 heteroatoms. The molecule has 0 bridgehead atoms. The number of hydrogen-bond acceptors (Lipinski definition) is 9. The van der Waals surface area contributed by atoms with Crippen LogP contribution in [0, 0.1) is 0 Å². The lowest BCUT2D eigenvalue weighted by Crippen LogP contribution is -2.63. The van der Waals surface area contributed by atoms with E-state index in [1.54, 1.807) is 6.26 Å². The average molecular weight is 915 g/mol. The van der Waals surface area contributed by atoms with Gasteiger partial charge in [0.1, 0.15) is 42.7 Å². The molecule has 9 nitrogen and oxygen atoms in total. The number of rotatable bonds is 24. The molecule has 2 aliphatic rings. The quantitative estimate of drug-likeness (QED) is 0.0562. The zero-order chi connectivity index (χ0) is 46.1. The van der Waals surface area contributed by atoms with E-state index in [1.165, 1.54) is 0 Å². The minimum Gasteiger partial charge on any atom is -0.493 e. The van der Waals surface area contributed by atoms with Gasteiger partial charge in [0, 0.05) is 0 Å². The highest BCUT2D eigenvalue weighted by Gasteiger charge is 2.52. The summed E-state index contributed by atoms with van der Waals surface area (Å²) in [5, 5.41) is 0. The summed E-state index contributed by atoms with van der Waals surface area (Å²) in [4.78, 5) is 0. The van der Waals surface area contributed by atoms with Gasteiger partial charge in [-0.15, -0.1) is 0 Å². The van der Waals surface area contributed by atoms with Crippen molar-refractivity contribution in [2.24, 2.45) is 0 Å². The van der Waals surface area contributed by atoms with E-state index in [2.05, 4.69) is 102 Å². The third kappa shape index (κ3) is 13.4. The van der Waals surface area contributed by atoms with Gasteiger partial charge < -0.3 is 42.3 Å². The summed E-state index contributed by atoms with van der Waals surface area (Å²) in [5.74, 6) is 0. The van der Waals surface area contributed by atoms with Gasteiger partial charge in [-0.25, -0.2) is 0 Å². The first-order chi connectivity index (χ1) is 32.2. The molecule has 2 heterocycles. The van der Waals surface area contributed by atoms with Crippen LogP contribution in [0.1, 0.15) is 69.4 Å². The van der Waals surface area contributed by atoms with Gasteiger partial charge in [0.15, 0.2) is 6.29 Å². The van der Waals surface area contributed by atoms with E-state index < -0.39 is 57.3 Å². The molecule has 0 N–H and O–H groups in total. The molecular weight excluding hydrogens is 845 g/mol. The lowest BCUT2D eigenvalue weighted by molar-refractivity contribution is -0.340. The lowest BCUT2D eigenvalue weighted by Gasteiger charge is -2.47. The zero-order valence-corrected chi connectivity index (χ0v) is 40.6. The van der Waals surface area contributed by atoms with Crippen LogP contribution in [0.2, 0.25) is 16.6 Å². The zero-order valence-electron chi connectivity index (χ0n) is 39.6. The third-order valence-electron chi connectivity index (χ3n) is 12.8.